The first-order valence-electron chi connectivity index (χ1n) is 9.09. The Bertz CT molecular complexity index is 1030. The Morgan fingerprint density at radius 2 is 1.77 bits per heavy atom. The molecule has 0 aliphatic rings. The number of benzene rings is 2. The highest BCUT2D eigenvalue weighted by molar-refractivity contribution is 7.80. The summed E-state index contributed by atoms with van der Waals surface area (Å²) in [6.45, 7) is 0. The van der Waals surface area contributed by atoms with Crippen LogP contribution in [0.4, 0.5) is 10.7 Å². The Hall–Kier alpha value is -3.10. The van der Waals surface area contributed by atoms with Gasteiger partial charge in [0.15, 0.2) is 5.11 Å². The third kappa shape index (κ3) is 5.28. The number of hydrogen-bond donors (Lipinski definition) is 2. The number of anilines is 2. The van der Waals surface area contributed by atoms with Gasteiger partial charge in [-0.05, 0) is 36.0 Å². The highest BCUT2D eigenvalue weighted by Crippen LogP contribution is 2.32. The number of methoxy groups -OCH3 is 3. The van der Waals surface area contributed by atoms with Gasteiger partial charge in [-0.15, -0.1) is 11.3 Å². The minimum atomic E-state index is -0.419. The van der Waals surface area contributed by atoms with Crippen LogP contribution in [0.15, 0.2) is 54.6 Å². The average molecular weight is 443 g/mol. The molecule has 0 bridgehead atoms. The van der Waals surface area contributed by atoms with E-state index in [0.29, 0.717) is 39.3 Å². The highest BCUT2D eigenvalue weighted by Gasteiger charge is 2.18. The molecular formula is C22H22N2O4S2. The van der Waals surface area contributed by atoms with Crippen LogP contribution in [0.2, 0.25) is 0 Å². The van der Waals surface area contributed by atoms with Crippen molar-refractivity contribution in [1.82, 2.24) is 0 Å². The molecule has 1 heterocycles. The molecule has 0 atom stereocenters. The SMILES string of the molecule is COC(=O)c1cc(Cc2ccccc2)sc1NC(=S)Nc1ccc(OC)cc1OC. The normalized spacial score (nSPS) is 10.2. The smallest absolute Gasteiger partial charge is 0.340 e. The second kappa shape index (κ2) is 10.1. The zero-order valence-electron chi connectivity index (χ0n) is 16.9. The Balaban J connectivity index is 1.79. The second-order valence-corrected chi connectivity index (χ2v) is 7.80. The van der Waals surface area contributed by atoms with E-state index >= 15 is 0 Å². The van der Waals surface area contributed by atoms with Crippen molar-refractivity contribution in [2.75, 3.05) is 32.0 Å². The summed E-state index contributed by atoms with van der Waals surface area (Å²) >= 11 is 6.92. The molecule has 0 radical (unpaired) electrons. The van der Waals surface area contributed by atoms with Gasteiger partial charge in [-0.2, -0.15) is 0 Å². The number of thiocarbonyl (C=S) groups is 1. The van der Waals surface area contributed by atoms with Crippen molar-refractivity contribution >= 4 is 45.3 Å². The van der Waals surface area contributed by atoms with Crippen LogP contribution in [0.25, 0.3) is 0 Å². The van der Waals surface area contributed by atoms with E-state index < -0.39 is 5.97 Å². The number of rotatable bonds is 7. The molecule has 0 aliphatic heterocycles. The fourth-order valence-corrected chi connectivity index (χ4v) is 4.20. The minimum absolute atomic E-state index is 0.330. The maximum absolute atomic E-state index is 12.3. The van der Waals surface area contributed by atoms with Gasteiger partial charge in [0.05, 0.1) is 32.6 Å². The number of nitrogens with one attached hydrogen (secondary N) is 2. The first kappa shape index (κ1) is 21.6. The zero-order chi connectivity index (χ0) is 21.5. The van der Waals surface area contributed by atoms with Crippen LogP contribution in [0, 0.1) is 0 Å². The van der Waals surface area contributed by atoms with E-state index in [1.54, 1.807) is 26.4 Å². The monoisotopic (exact) mass is 442 g/mol. The summed E-state index contributed by atoms with van der Waals surface area (Å²) in [5, 5.41) is 7.16. The predicted octanol–water partition coefficient (Wildman–Crippen LogP) is 4.95. The minimum Gasteiger partial charge on any atom is -0.497 e. The third-order valence-electron chi connectivity index (χ3n) is 4.29. The summed E-state index contributed by atoms with van der Waals surface area (Å²) in [5.74, 6) is 0.841. The third-order valence-corrected chi connectivity index (χ3v) is 5.55. The Morgan fingerprint density at radius 1 is 1.00 bits per heavy atom. The lowest BCUT2D eigenvalue weighted by Crippen LogP contribution is -2.20. The van der Waals surface area contributed by atoms with Crippen molar-refractivity contribution in [3.8, 4) is 11.5 Å². The van der Waals surface area contributed by atoms with Crippen molar-refractivity contribution in [1.29, 1.82) is 0 Å². The van der Waals surface area contributed by atoms with Crippen LogP contribution >= 0.6 is 23.6 Å². The number of hydrogen-bond acceptors (Lipinski definition) is 6. The molecule has 8 heteroatoms. The molecule has 0 aliphatic carbocycles. The first-order valence-corrected chi connectivity index (χ1v) is 10.3. The molecule has 2 N–H and O–H groups in total. The van der Waals surface area contributed by atoms with Crippen molar-refractivity contribution in [3.05, 3.63) is 70.6 Å². The number of carbonyl (C=O) groups is 1. The van der Waals surface area contributed by atoms with E-state index in [2.05, 4.69) is 10.6 Å². The number of carbonyl (C=O) groups excluding carboxylic acids is 1. The van der Waals surface area contributed by atoms with Gasteiger partial charge in [0, 0.05) is 17.4 Å². The van der Waals surface area contributed by atoms with Gasteiger partial charge in [0.25, 0.3) is 0 Å². The van der Waals surface area contributed by atoms with E-state index in [1.807, 2.05) is 42.5 Å². The van der Waals surface area contributed by atoms with Crippen LogP contribution in [0.1, 0.15) is 20.8 Å². The molecular weight excluding hydrogens is 420 g/mol. The fourth-order valence-electron chi connectivity index (χ4n) is 2.84. The lowest BCUT2D eigenvalue weighted by molar-refractivity contribution is 0.0602. The largest absolute Gasteiger partial charge is 0.497 e. The Labute approximate surface area is 184 Å². The lowest BCUT2D eigenvalue weighted by atomic mass is 10.1. The van der Waals surface area contributed by atoms with E-state index in [-0.39, 0.29) is 0 Å². The number of esters is 1. The molecule has 3 rings (SSSR count). The molecule has 1 aromatic heterocycles. The van der Waals surface area contributed by atoms with Gasteiger partial charge in [-0.3, -0.25) is 0 Å². The number of ether oxygens (including phenoxy) is 3. The van der Waals surface area contributed by atoms with Crippen molar-refractivity contribution in [2.24, 2.45) is 0 Å². The molecule has 0 amide bonds. The van der Waals surface area contributed by atoms with Crippen LogP contribution in [0.3, 0.4) is 0 Å². The fraction of sp³-hybridized carbons (Fsp3) is 0.182. The quantitative estimate of drug-likeness (QED) is 0.396. The predicted molar refractivity (Wildman–Crippen MR) is 124 cm³/mol. The first-order chi connectivity index (χ1) is 14.5. The topological polar surface area (TPSA) is 68.8 Å². The summed E-state index contributed by atoms with van der Waals surface area (Å²) in [4.78, 5) is 13.3. The van der Waals surface area contributed by atoms with Crippen molar-refractivity contribution in [3.63, 3.8) is 0 Å². The highest BCUT2D eigenvalue weighted by atomic mass is 32.1. The van der Waals surface area contributed by atoms with Crippen molar-refractivity contribution < 1.29 is 19.0 Å². The summed E-state index contributed by atoms with van der Waals surface area (Å²) in [6, 6.07) is 17.3. The molecule has 156 valence electrons. The molecule has 30 heavy (non-hydrogen) atoms. The maximum Gasteiger partial charge on any atom is 0.340 e. The van der Waals surface area contributed by atoms with Gasteiger partial charge >= 0.3 is 5.97 Å². The number of thiophene rings is 1. The van der Waals surface area contributed by atoms with Gasteiger partial charge in [0.2, 0.25) is 0 Å². The molecule has 3 aromatic rings. The van der Waals surface area contributed by atoms with Gasteiger partial charge in [0.1, 0.15) is 16.5 Å². The average Bonchev–Trinajstić information content (AvgIpc) is 3.15. The van der Waals surface area contributed by atoms with Gasteiger partial charge < -0.3 is 24.8 Å². The molecule has 0 fully saturated rings. The standard InChI is InChI=1S/C22H22N2O4S2/c1-26-15-9-10-18(19(12-15)27-2)23-22(29)24-20-17(21(25)28-3)13-16(30-20)11-14-7-5-4-6-8-14/h4-10,12-13H,11H2,1-3H3,(H2,23,24,29). The van der Waals surface area contributed by atoms with Crippen molar-refractivity contribution in [2.45, 2.75) is 6.42 Å². The molecule has 0 spiro atoms. The van der Waals surface area contributed by atoms with Crippen LogP contribution < -0.4 is 20.1 Å². The Kier molecular flexibility index (Phi) is 7.26. The van der Waals surface area contributed by atoms with Gasteiger partial charge in [-0.1, -0.05) is 30.3 Å². The second-order valence-electron chi connectivity index (χ2n) is 6.25. The van der Waals surface area contributed by atoms with E-state index in [1.165, 1.54) is 18.4 Å². The van der Waals surface area contributed by atoms with Crippen LogP contribution in [-0.2, 0) is 11.2 Å². The molecule has 0 unspecified atom stereocenters. The van der Waals surface area contributed by atoms with Crippen LogP contribution in [0.5, 0.6) is 11.5 Å². The van der Waals surface area contributed by atoms with E-state index in [0.717, 1.165) is 10.4 Å². The van der Waals surface area contributed by atoms with Crippen LogP contribution in [-0.4, -0.2) is 32.4 Å². The zero-order valence-corrected chi connectivity index (χ0v) is 18.5. The summed E-state index contributed by atoms with van der Waals surface area (Å²) in [7, 11) is 4.52. The molecule has 0 saturated heterocycles. The van der Waals surface area contributed by atoms with Gasteiger partial charge in [-0.25, -0.2) is 4.79 Å². The molecule has 2 aromatic carbocycles. The lowest BCUT2D eigenvalue weighted by Gasteiger charge is -2.14. The van der Waals surface area contributed by atoms with E-state index in [9.17, 15) is 4.79 Å². The summed E-state index contributed by atoms with van der Waals surface area (Å²) in [6.07, 6.45) is 0.712. The summed E-state index contributed by atoms with van der Waals surface area (Å²) < 4.78 is 15.5. The molecule has 0 saturated carbocycles. The van der Waals surface area contributed by atoms with E-state index in [4.69, 9.17) is 26.4 Å². The Morgan fingerprint density at radius 3 is 2.43 bits per heavy atom. The molecule has 6 nitrogen and oxygen atoms in total. The maximum atomic E-state index is 12.3. The summed E-state index contributed by atoms with van der Waals surface area (Å²) in [5.41, 5.74) is 2.28.